The number of thiophene rings is 1. The van der Waals surface area contributed by atoms with Gasteiger partial charge in [-0.3, -0.25) is 4.68 Å². The molecule has 2 N–H and O–H groups in total. The molecule has 1 aromatic carbocycles. The molecule has 1 aliphatic carbocycles. The zero-order chi connectivity index (χ0) is 23.5. The van der Waals surface area contributed by atoms with Crippen LogP contribution in [0.5, 0.6) is 0 Å². The summed E-state index contributed by atoms with van der Waals surface area (Å²) in [5, 5.41) is 13.1. The Morgan fingerprint density at radius 2 is 2.00 bits per heavy atom. The van der Waals surface area contributed by atoms with Gasteiger partial charge in [-0.25, -0.2) is 4.79 Å². The average Bonchev–Trinajstić information content (AvgIpc) is 3.27. The third-order valence-electron chi connectivity index (χ3n) is 5.78. The predicted octanol–water partition coefficient (Wildman–Crippen LogP) is 6.13. The van der Waals surface area contributed by atoms with Gasteiger partial charge in [0.25, 0.3) is 0 Å². The maximum atomic E-state index is 12.7. The number of carbonyl (C=O) groups excluding carboxylic acids is 1. The standard InChI is InChI=1S/C24H27ClN4O2S2/c1-4-31-23(30)20-17-10-6-8-12-19(17)33-22(20)27-24(32)26-21-14(2)28-29(15(21)3)13-16-9-5-7-11-18(16)25/h5,7,9,11H,4,6,8,10,12-13H2,1-3H3,(H2,26,27,32). The van der Waals surface area contributed by atoms with Gasteiger partial charge in [0.15, 0.2) is 5.11 Å². The number of benzene rings is 1. The van der Waals surface area contributed by atoms with E-state index in [1.807, 2.05) is 49.7 Å². The fraction of sp³-hybridized carbons (Fsp3) is 0.375. The van der Waals surface area contributed by atoms with Crippen LogP contribution in [0.4, 0.5) is 10.7 Å². The highest BCUT2D eigenvalue weighted by Gasteiger charge is 2.27. The van der Waals surface area contributed by atoms with Crippen molar-refractivity contribution in [2.45, 2.75) is 53.0 Å². The Labute approximate surface area is 208 Å². The molecule has 0 amide bonds. The average molecular weight is 503 g/mol. The van der Waals surface area contributed by atoms with Gasteiger partial charge >= 0.3 is 5.97 Å². The largest absolute Gasteiger partial charge is 0.462 e. The van der Waals surface area contributed by atoms with Crippen molar-refractivity contribution in [3.8, 4) is 0 Å². The van der Waals surface area contributed by atoms with Crippen molar-refractivity contribution < 1.29 is 9.53 Å². The number of esters is 1. The lowest BCUT2D eigenvalue weighted by atomic mass is 9.95. The molecule has 33 heavy (non-hydrogen) atoms. The van der Waals surface area contributed by atoms with E-state index in [-0.39, 0.29) is 5.97 Å². The van der Waals surface area contributed by atoms with E-state index >= 15 is 0 Å². The molecule has 2 aromatic heterocycles. The zero-order valence-corrected chi connectivity index (χ0v) is 21.3. The summed E-state index contributed by atoms with van der Waals surface area (Å²) >= 11 is 13.5. The van der Waals surface area contributed by atoms with Crippen LogP contribution in [0.1, 0.15) is 57.5 Å². The van der Waals surface area contributed by atoms with Crippen LogP contribution >= 0.6 is 35.2 Å². The summed E-state index contributed by atoms with van der Waals surface area (Å²) in [6.45, 7) is 6.67. The number of aryl methyl sites for hydroxylation is 2. The van der Waals surface area contributed by atoms with Crippen LogP contribution in [0.25, 0.3) is 0 Å². The lowest BCUT2D eigenvalue weighted by molar-refractivity contribution is 0.0526. The quantitative estimate of drug-likeness (QED) is 0.312. The third-order valence-corrected chi connectivity index (χ3v) is 7.56. The zero-order valence-electron chi connectivity index (χ0n) is 19.0. The third kappa shape index (κ3) is 5.08. The van der Waals surface area contributed by atoms with Gasteiger partial charge in [0.1, 0.15) is 5.00 Å². The number of ether oxygens (including phenoxy) is 1. The monoisotopic (exact) mass is 502 g/mol. The number of fused-ring (bicyclic) bond motifs is 1. The number of thiocarbonyl (C=S) groups is 1. The minimum Gasteiger partial charge on any atom is -0.462 e. The first kappa shape index (κ1) is 23.7. The lowest BCUT2D eigenvalue weighted by Gasteiger charge is -2.13. The maximum absolute atomic E-state index is 12.7. The Kier molecular flexibility index (Phi) is 7.36. The van der Waals surface area contributed by atoms with Gasteiger partial charge in [0.05, 0.1) is 35.8 Å². The molecule has 0 saturated carbocycles. The number of nitrogens with zero attached hydrogens (tertiary/aromatic N) is 2. The topological polar surface area (TPSA) is 68.2 Å². The molecule has 3 aromatic rings. The molecular weight excluding hydrogens is 476 g/mol. The highest BCUT2D eigenvalue weighted by molar-refractivity contribution is 7.80. The van der Waals surface area contributed by atoms with E-state index in [4.69, 9.17) is 28.6 Å². The summed E-state index contributed by atoms with van der Waals surface area (Å²) in [6, 6.07) is 7.75. The molecule has 0 atom stereocenters. The van der Waals surface area contributed by atoms with Gasteiger partial charge in [0.2, 0.25) is 0 Å². The first-order valence-electron chi connectivity index (χ1n) is 11.1. The molecule has 0 saturated heterocycles. The van der Waals surface area contributed by atoms with Crippen LogP contribution in [0.15, 0.2) is 24.3 Å². The Morgan fingerprint density at radius 1 is 1.24 bits per heavy atom. The van der Waals surface area contributed by atoms with E-state index in [9.17, 15) is 4.79 Å². The highest BCUT2D eigenvalue weighted by atomic mass is 35.5. The molecule has 0 aliphatic heterocycles. The van der Waals surface area contributed by atoms with E-state index in [1.165, 1.54) is 4.88 Å². The molecule has 0 radical (unpaired) electrons. The second-order valence-corrected chi connectivity index (χ2v) is 9.93. The van der Waals surface area contributed by atoms with Crippen molar-refractivity contribution in [3.05, 3.63) is 62.2 Å². The van der Waals surface area contributed by atoms with E-state index in [1.54, 1.807) is 11.3 Å². The number of carbonyl (C=O) groups is 1. The van der Waals surface area contributed by atoms with E-state index in [0.29, 0.717) is 28.9 Å². The Hall–Kier alpha value is -2.42. The van der Waals surface area contributed by atoms with Crippen LogP contribution in [0.3, 0.4) is 0 Å². The van der Waals surface area contributed by atoms with Gasteiger partial charge in [-0.1, -0.05) is 29.8 Å². The molecule has 9 heteroatoms. The van der Waals surface area contributed by atoms with Crippen LogP contribution in [-0.2, 0) is 24.1 Å². The molecule has 0 spiro atoms. The number of hydrogen-bond acceptors (Lipinski definition) is 5. The SMILES string of the molecule is CCOC(=O)c1c(NC(=S)Nc2c(C)nn(Cc3ccccc3Cl)c2C)sc2c1CCCC2. The molecule has 174 valence electrons. The fourth-order valence-corrected chi connectivity index (χ4v) is 5.89. The second-order valence-electron chi connectivity index (χ2n) is 8.01. The normalized spacial score (nSPS) is 12.8. The Bertz CT molecular complexity index is 1200. The minimum atomic E-state index is -0.290. The van der Waals surface area contributed by atoms with Crippen LogP contribution in [0, 0.1) is 13.8 Å². The summed E-state index contributed by atoms with van der Waals surface area (Å²) < 4.78 is 7.25. The molecule has 1 aliphatic rings. The van der Waals surface area contributed by atoms with E-state index < -0.39 is 0 Å². The summed E-state index contributed by atoms with van der Waals surface area (Å²) in [7, 11) is 0. The molecular formula is C24H27ClN4O2S2. The summed E-state index contributed by atoms with van der Waals surface area (Å²) in [5.74, 6) is -0.290. The molecule has 0 fully saturated rings. The van der Waals surface area contributed by atoms with Crippen molar-refractivity contribution in [2.75, 3.05) is 17.2 Å². The highest BCUT2D eigenvalue weighted by Crippen LogP contribution is 2.38. The Balaban J connectivity index is 1.54. The fourth-order valence-electron chi connectivity index (χ4n) is 4.14. The van der Waals surface area contributed by atoms with Crippen molar-refractivity contribution >= 4 is 56.9 Å². The first-order valence-corrected chi connectivity index (χ1v) is 12.7. The van der Waals surface area contributed by atoms with Crippen molar-refractivity contribution in [1.29, 1.82) is 0 Å². The van der Waals surface area contributed by atoms with Crippen LogP contribution in [-0.4, -0.2) is 27.5 Å². The first-order chi connectivity index (χ1) is 15.9. The summed E-state index contributed by atoms with van der Waals surface area (Å²) in [5.41, 5.74) is 5.37. The molecule has 6 nitrogen and oxygen atoms in total. The lowest BCUT2D eigenvalue weighted by Crippen LogP contribution is -2.21. The predicted molar refractivity (Wildman–Crippen MR) is 139 cm³/mol. The van der Waals surface area contributed by atoms with Gasteiger partial charge in [-0.2, -0.15) is 5.10 Å². The molecule has 4 rings (SSSR count). The van der Waals surface area contributed by atoms with Crippen molar-refractivity contribution in [2.24, 2.45) is 0 Å². The number of rotatable bonds is 6. The summed E-state index contributed by atoms with van der Waals surface area (Å²) in [6.07, 6.45) is 4.11. The number of halogens is 1. The van der Waals surface area contributed by atoms with Crippen LogP contribution < -0.4 is 10.6 Å². The second kappa shape index (κ2) is 10.2. The number of hydrogen-bond donors (Lipinski definition) is 2. The minimum absolute atomic E-state index is 0.290. The molecule has 0 bridgehead atoms. The van der Waals surface area contributed by atoms with Gasteiger partial charge in [-0.15, -0.1) is 11.3 Å². The smallest absolute Gasteiger partial charge is 0.341 e. The number of nitrogens with one attached hydrogen (secondary N) is 2. The Morgan fingerprint density at radius 3 is 2.76 bits per heavy atom. The van der Waals surface area contributed by atoms with E-state index in [2.05, 4.69) is 15.7 Å². The maximum Gasteiger partial charge on any atom is 0.341 e. The molecule has 2 heterocycles. The number of aromatic nitrogens is 2. The van der Waals surface area contributed by atoms with Crippen molar-refractivity contribution in [1.82, 2.24) is 9.78 Å². The van der Waals surface area contributed by atoms with E-state index in [0.717, 1.165) is 58.9 Å². The summed E-state index contributed by atoms with van der Waals surface area (Å²) in [4.78, 5) is 14.0. The molecule has 0 unspecified atom stereocenters. The van der Waals surface area contributed by atoms with Gasteiger partial charge in [-0.05, 0) is 75.9 Å². The number of anilines is 2. The van der Waals surface area contributed by atoms with Crippen molar-refractivity contribution in [3.63, 3.8) is 0 Å². The van der Waals surface area contributed by atoms with Gasteiger partial charge in [0, 0.05) is 9.90 Å². The van der Waals surface area contributed by atoms with Gasteiger partial charge < -0.3 is 15.4 Å². The van der Waals surface area contributed by atoms with Crippen LogP contribution in [0.2, 0.25) is 5.02 Å².